The predicted molar refractivity (Wildman–Crippen MR) is 63.0 cm³/mol. The van der Waals surface area contributed by atoms with Gasteiger partial charge in [-0.3, -0.25) is 0 Å². The highest BCUT2D eigenvalue weighted by Gasteiger charge is 2.17. The fourth-order valence-electron chi connectivity index (χ4n) is 2.01. The quantitative estimate of drug-likeness (QED) is 0.590. The third-order valence-electron chi connectivity index (χ3n) is 2.90. The van der Waals surface area contributed by atoms with E-state index in [9.17, 15) is 8.78 Å². The van der Waals surface area contributed by atoms with E-state index in [1.54, 1.807) is 0 Å². The predicted octanol–water partition coefficient (Wildman–Crippen LogP) is 3.07. The Morgan fingerprint density at radius 1 is 1.12 bits per heavy atom. The van der Waals surface area contributed by atoms with Gasteiger partial charge in [0.1, 0.15) is 6.61 Å². The Hall–Kier alpha value is -0.220. The zero-order valence-electron chi connectivity index (χ0n) is 10.6. The smallest absolute Gasteiger partial charge is 0.261 e. The van der Waals surface area contributed by atoms with Crippen LogP contribution in [0.25, 0.3) is 0 Å². The molecule has 98 valence electrons. The lowest BCUT2D eigenvalue weighted by Gasteiger charge is -2.26. The molecule has 0 aliphatic rings. The lowest BCUT2D eigenvalue weighted by molar-refractivity contribution is 0.0126. The van der Waals surface area contributed by atoms with Crippen LogP contribution in [0.4, 0.5) is 8.78 Å². The summed E-state index contributed by atoms with van der Waals surface area (Å²) < 4.78 is 28.6. The molecule has 0 aromatic carbocycles. The molecule has 0 bridgehead atoms. The van der Waals surface area contributed by atoms with Crippen LogP contribution in [-0.2, 0) is 4.74 Å². The summed E-state index contributed by atoms with van der Waals surface area (Å²) in [7, 11) is 0. The largest absolute Gasteiger partial charge is 0.375 e. The topological polar surface area (TPSA) is 21.3 Å². The normalized spacial score (nSPS) is 13.7. The second kappa shape index (κ2) is 9.97. The van der Waals surface area contributed by atoms with Crippen LogP contribution in [0.3, 0.4) is 0 Å². The number of alkyl halides is 2. The van der Waals surface area contributed by atoms with Crippen molar-refractivity contribution in [2.75, 3.05) is 19.8 Å². The molecule has 0 rings (SSSR count). The van der Waals surface area contributed by atoms with Gasteiger partial charge in [-0.2, -0.15) is 0 Å². The van der Waals surface area contributed by atoms with Crippen molar-refractivity contribution in [2.45, 2.75) is 52.5 Å². The molecule has 0 spiro atoms. The summed E-state index contributed by atoms with van der Waals surface area (Å²) in [5.74, 6) is 0.607. The van der Waals surface area contributed by atoms with E-state index in [0.717, 1.165) is 25.8 Å². The highest BCUT2D eigenvalue weighted by Crippen LogP contribution is 2.16. The van der Waals surface area contributed by atoms with Crippen LogP contribution in [-0.4, -0.2) is 32.2 Å². The van der Waals surface area contributed by atoms with Gasteiger partial charge in [0.25, 0.3) is 6.43 Å². The Morgan fingerprint density at radius 3 is 2.19 bits per heavy atom. The lowest BCUT2D eigenvalue weighted by Crippen LogP contribution is -2.36. The number of nitrogens with one attached hydrogen (secondary N) is 1. The number of hydrogen-bond acceptors (Lipinski definition) is 2. The van der Waals surface area contributed by atoms with Crippen molar-refractivity contribution in [3.8, 4) is 0 Å². The van der Waals surface area contributed by atoms with E-state index in [1.165, 1.54) is 0 Å². The van der Waals surface area contributed by atoms with E-state index in [-0.39, 0.29) is 0 Å². The van der Waals surface area contributed by atoms with E-state index < -0.39 is 13.0 Å². The van der Waals surface area contributed by atoms with Gasteiger partial charge in [0.15, 0.2) is 0 Å². The molecule has 0 aromatic rings. The molecular formula is C12H25F2NO. The summed E-state index contributed by atoms with van der Waals surface area (Å²) in [6.45, 7) is 7.28. The maximum atomic E-state index is 11.9. The van der Waals surface area contributed by atoms with Crippen LogP contribution in [0.15, 0.2) is 0 Å². The molecule has 1 unspecified atom stereocenters. The van der Waals surface area contributed by atoms with Gasteiger partial charge >= 0.3 is 0 Å². The first-order chi connectivity index (χ1) is 7.65. The van der Waals surface area contributed by atoms with Crippen molar-refractivity contribution in [3.63, 3.8) is 0 Å². The average molecular weight is 237 g/mol. The molecule has 0 saturated heterocycles. The fourth-order valence-corrected chi connectivity index (χ4v) is 2.01. The Kier molecular flexibility index (Phi) is 9.83. The summed E-state index contributed by atoms with van der Waals surface area (Å²) in [6.07, 6.45) is 0.685. The van der Waals surface area contributed by atoms with Gasteiger partial charge in [-0.25, -0.2) is 8.78 Å². The van der Waals surface area contributed by atoms with Crippen molar-refractivity contribution in [1.82, 2.24) is 5.32 Å². The first-order valence-corrected chi connectivity index (χ1v) is 6.24. The molecule has 0 fully saturated rings. The van der Waals surface area contributed by atoms with Crippen LogP contribution in [0.5, 0.6) is 0 Å². The van der Waals surface area contributed by atoms with Crippen molar-refractivity contribution in [1.29, 1.82) is 0 Å². The second-order valence-corrected chi connectivity index (χ2v) is 4.00. The van der Waals surface area contributed by atoms with E-state index in [0.29, 0.717) is 18.6 Å². The molecule has 0 heterocycles. The molecule has 0 aliphatic heterocycles. The first-order valence-electron chi connectivity index (χ1n) is 6.24. The average Bonchev–Trinajstić information content (AvgIpc) is 2.25. The summed E-state index contributed by atoms with van der Waals surface area (Å²) in [5, 5.41) is 3.41. The number of ether oxygens (including phenoxy) is 1. The van der Waals surface area contributed by atoms with Crippen molar-refractivity contribution < 1.29 is 13.5 Å². The molecule has 1 atom stereocenters. The molecule has 0 radical (unpaired) electrons. The van der Waals surface area contributed by atoms with Crippen LogP contribution in [0.2, 0.25) is 0 Å². The number of halogens is 2. The Balaban J connectivity index is 3.83. The zero-order chi connectivity index (χ0) is 12.4. The molecule has 2 nitrogen and oxygen atoms in total. The maximum Gasteiger partial charge on any atom is 0.261 e. The summed E-state index contributed by atoms with van der Waals surface area (Å²) in [5.41, 5.74) is 0. The zero-order valence-corrected chi connectivity index (χ0v) is 10.6. The van der Waals surface area contributed by atoms with Crippen LogP contribution in [0.1, 0.15) is 40.0 Å². The minimum atomic E-state index is -2.36. The molecule has 0 saturated carbocycles. The van der Waals surface area contributed by atoms with E-state index in [4.69, 9.17) is 4.74 Å². The van der Waals surface area contributed by atoms with Gasteiger partial charge in [-0.15, -0.1) is 0 Å². The number of hydrogen-bond donors (Lipinski definition) is 1. The first kappa shape index (κ1) is 15.8. The molecule has 16 heavy (non-hydrogen) atoms. The molecule has 0 aliphatic carbocycles. The molecule has 1 N–H and O–H groups in total. The van der Waals surface area contributed by atoms with Gasteiger partial charge in [0.05, 0.1) is 0 Å². The van der Waals surface area contributed by atoms with Gasteiger partial charge in [-0.1, -0.05) is 33.6 Å². The summed E-state index contributed by atoms with van der Waals surface area (Å²) in [4.78, 5) is 0. The van der Waals surface area contributed by atoms with Crippen molar-refractivity contribution >= 4 is 0 Å². The van der Waals surface area contributed by atoms with Gasteiger partial charge in [0, 0.05) is 12.6 Å². The second-order valence-electron chi connectivity index (χ2n) is 4.00. The van der Waals surface area contributed by atoms with Gasteiger partial charge in [0.2, 0.25) is 0 Å². The number of rotatable bonds is 10. The van der Waals surface area contributed by atoms with Crippen LogP contribution >= 0.6 is 0 Å². The third kappa shape index (κ3) is 7.12. The summed E-state index contributed by atoms with van der Waals surface area (Å²) in [6, 6.07) is 0.387. The monoisotopic (exact) mass is 237 g/mol. The van der Waals surface area contributed by atoms with Crippen molar-refractivity contribution in [2.24, 2.45) is 5.92 Å². The highest BCUT2D eigenvalue weighted by atomic mass is 19.3. The van der Waals surface area contributed by atoms with Crippen molar-refractivity contribution in [3.05, 3.63) is 0 Å². The van der Waals surface area contributed by atoms with E-state index in [1.807, 2.05) is 0 Å². The molecule has 0 aromatic heterocycles. The highest BCUT2D eigenvalue weighted by molar-refractivity contribution is 4.74. The standard InChI is InChI=1S/C12H25F2NO/c1-4-10(5-2)11(15-6-3)7-8-16-9-12(13)14/h10-12,15H,4-9H2,1-3H3. The van der Waals surface area contributed by atoms with Gasteiger partial charge in [-0.05, 0) is 18.9 Å². The SMILES string of the molecule is CCNC(CCOCC(F)F)C(CC)CC. The Morgan fingerprint density at radius 2 is 1.75 bits per heavy atom. The Bertz CT molecular complexity index is 152. The van der Waals surface area contributed by atoms with Crippen LogP contribution in [0, 0.1) is 5.92 Å². The molecular weight excluding hydrogens is 212 g/mol. The third-order valence-corrected chi connectivity index (χ3v) is 2.90. The maximum absolute atomic E-state index is 11.9. The minimum Gasteiger partial charge on any atom is -0.375 e. The molecule has 0 amide bonds. The summed E-state index contributed by atoms with van der Waals surface area (Å²) >= 11 is 0. The fraction of sp³-hybridized carbons (Fsp3) is 1.00. The minimum absolute atomic E-state index is 0.387. The lowest BCUT2D eigenvalue weighted by atomic mass is 9.92. The Labute approximate surface area is 97.7 Å². The van der Waals surface area contributed by atoms with Crippen LogP contribution < -0.4 is 5.32 Å². The van der Waals surface area contributed by atoms with E-state index >= 15 is 0 Å². The van der Waals surface area contributed by atoms with Gasteiger partial charge < -0.3 is 10.1 Å². The van der Waals surface area contributed by atoms with E-state index in [2.05, 4.69) is 26.1 Å². The molecule has 4 heteroatoms.